The van der Waals surface area contributed by atoms with Crippen LogP contribution in [0.3, 0.4) is 0 Å². The summed E-state index contributed by atoms with van der Waals surface area (Å²) in [5, 5.41) is 5.93. The van der Waals surface area contributed by atoms with Crippen LogP contribution in [-0.4, -0.2) is 25.2 Å². The Hall–Kier alpha value is -5.43. The number of carbonyl (C=O) groups is 2. The Morgan fingerprint density at radius 1 is 0.780 bits per heavy atom. The van der Waals surface area contributed by atoms with Gasteiger partial charge < -0.3 is 14.2 Å². The summed E-state index contributed by atoms with van der Waals surface area (Å²) >= 11 is 0. The van der Waals surface area contributed by atoms with Crippen molar-refractivity contribution >= 4 is 28.9 Å². The molecule has 0 aliphatic carbocycles. The lowest BCUT2D eigenvalue weighted by Crippen LogP contribution is -2.17. The standard InChI is InChI=1S/C34H28N2O5/c1-23-7-9-24(10-8-23)22-40-29-18-11-26(12-19-29)33(37)36-35-21-31-30-6-4-3-5-25(30)15-20-32(31)41-34(38)27-13-16-28(39-2)17-14-27/h3-21H,22H2,1-2H3,(H,36,37). The predicted octanol–water partition coefficient (Wildman–Crippen LogP) is 6.72. The number of ether oxygens (including phenoxy) is 3. The average molecular weight is 545 g/mol. The highest BCUT2D eigenvalue weighted by Crippen LogP contribution is 2.28. The molecule has 0 unspecified atom stereocenters. The van der Waals surface area contributed by atoms with Gasteiger partial charge in [-0.1, -0.05) is 60.2 Å². The number of nitrogens with zero attached hydrogens (tertiary/aromatic N) is 1. The number of fused-ring (bicyclic) bond motifs is 1. The van der Waals surface area contributed by atoms with Crippen molar-refractivity contribution in [3.63, 3.8) is 0 Å². The lowest BCUT2D eigenvalue weighted by molar-refractivity contribution is 0.0734. The van der Waals surface area contributed by atoms with Gasteiger partial charge in [-0.2, -0.15) is 5.10 Å². The van der Waals surface area contributed by atoms with Crippen LogP contribution in [0, 0.1) is 6.92 Å². The van der Waals surface area contributed by atoms with Crippen LogP contribution in [0.2, 0.25) is 0 Å². The highest BCUT2D eigenvalue weighted by Gasteiger charge is 2.14. The molecule has 7 nitrogen and oxygen atoms in total. The molecule has 0 bridgehead atoms. The Morgan fingerprint density at radius 2 is 1.46 bits per heavy atom. The monoisotopic (exact) mass is 544 g/mol. The molecule has 41 heavy (non-hydrogen) atoms. The van der Waals surface area contributed by atoms with Gasteiger partial charge in [-0.15, -0.1) is 0 Å². The summed E-state index contributed by atoms with van der Waals surface area (Å²) in [5.41, 5.74) is 6.17. The van der Waals surface area contributed by atoms with Crippen molar-refractivity contribution in [2.75, 3.05) is 7.11 Å². The second-order valence-electron chi connectivity index (χ2n) is 9.31. The fraction of sp³-hybridized carbons (Fsp3) is 0.0882. The third-order valence-corrected chi connectivity index (χ3v) is 6.46. The molecule has 0 aliphatic heterocycles. The van der Waals surface area contributed by atoms with Gasteiger partial charge in [0.1, 0.15) is 23.9 Å². The smallest absolute Gasteiger partial charge is 0.343 e. The van der Waals surface area contributed by atoms with Crippen LogP contribution in [0.15, 0.2) is 114 Å². The van der Waals surface area contributed by atoms with Crippen molar-refractivity contribution in [3.8, 4) is 17.2 Å². The number of rotatable bonds is 9. The number of hydrogen-bond acceptors (Lipinski definition) is 6. The van der Waals surface area contributed by atoms with Crippen LogP contribution in [0.1, 0.15) is 37.4 Å². The van der Waals surface area contributed by atoms with E-state index in [1.54, 1.807) is 61.7 Å². The van der Waals surface area contributed by atoms with Crippen molar-refractivity contribution in [1.29, 1.82) is 0 Å². The largest absolute Gasteiger partial charge is 0.497 e. The molecule has 0 saturated heterocycles. The van der Waals surface area contributed by atoms with E-state index in [2.05, 4.69) is 10.5 Å². The van der Waals surface area contributed by atoms with Crippen LogP contribution in [0.4, 0.5) is 0 Å². The molecule has 0 radical (unpaired) electrons. The Morgan fingerprint density at radius 3 is 2.20 bits per heavy atom. The van der Waals surface area contributed by atoms with Gasteiger partial charge in [-0.25, -0.2) is 10.2 Å². The molecule has 0 aromatic heterocycles. The molecule has 1 amide bonds. The maximum absolute atomic E-state index is 12.8. The van der Waals surface area contributed by atoms with E-state index in [4.69, 9.17) is 14.2 Å². The highest BCUT2D eigenvalue weighted by molar-refractivity contribution is 6.04. The number of aryl methyl sites for hydroxylation is 1. The molecular weight excluding hydrogens is 516 g/mol. The Bertz CT molecular complexity index is 1690. The summed E-state index contributed by atoms with van der Waals surface area (Å²) in [4.78, 5) is 25.6. The summed E-state index contributed by atoms with van der Waals surface area (Å²) < 4.78 is 16.7. The van der Waals surface area contributed by atoms with Gasteiger partial charge >= 0.3 is 5.97 Å². The number of carbonyl (C=O) groups excluding carboxylic acids is 2. The Labute approximate surface area is 238 Å². The molecule has 0 fully saturated rings. The molecule has 0 aliphatic rings. The molecular formula is C34H28N2O5. The minimum absolute atomic E-state index is 0.317. The third kappa shape index (κ3) is 6.78. The highest BCUT2D eigenvalue weighted by atomic mass is 16.5. The van der Waals surface area contributed by atoms with E-state index in [0.29, 0.717) is 40.5 Å². The third-order valence-electron chi connectivity index (χ3n) is 6.46. The molecule has 5 rings (SSSR count). The molecule has 5 aromatic rings. The molecule has 0 spiro atoms. The Balaban J connectivity index is 1.27. The fourth-order valence-electron chi connectivity index (χ4n) is 4.16. The lowest BCUT2D eigenvalue weighted by Gasteiger charge is -2.11. The van der Waals surface area contributed by atoms with E-state index in [0.717, 1.165) is 16.3 Å². The average Bonchev–Trinajstić information content (AvgIpc) is 3.01. The number of hydrazone groups is 1. The normalized spacial score (nSPS) is 10.9. The number of esters is 1. The predicted molar refractivity (Wildman–Crippen MR) is 159 cm³/mol. The molecule has 7 heteroatoms. The topological polar surface area (TPSA) is 86.2 Å². The summed E-state index contributed by atoms with van der Waals surface area (Å²) in [6.07, 6.45) is 1.48. The molecule has 0 atom stereocenters. The second kappa shape index (κ2) is 12.6. The van der Waals surface area contributed by atoms with Gasteiger partial charge in [0.15, 0.2) is 0 Å². The summed E-state index contributed by atoms with van der Waals surface area (Å²) in [5.74, 6) is 0.706. The zero-order valence-corrected chi connectivity index (χ0v) is 22.7. The minimum Gasteiger partial charge on any atom is -0.497 e. The number of hydrogen-bond donors (Lipinski definition) is 1. The zero-order valence-electron chi connectivity index (χ0n) is 22.7. The number of benzene rings is 5. The van der Waals surface area contributed by atoms with Crippen molar-refractivity contribution in [1.82, 2.24) is 5.43 Å². The fourth-order valence-corrected chi connectivity index (χ4v) is 4.16. The van der Waals surface area contributed by atoms with E-state index in [1.165, 1.54) is 11.8 Å². The SMILES string of the molecule is COc1ccc(C(=O)Oc2ccc3ccccc3c2C=NNC(=O)c2ccc(OCc3ccc(C)cc3)cc2)cc1. The van der Waals surface area contributed by atoms with E-state index < -0.39 is 5.97 Å². The van der Waals surface area contributed by atoms with Gasteiger partial charge in [0, 0.05) is 11.1 Å². The summed E-state index contributed by atoms with van der Waals surface area (Å²) in [6, 6.07) is 32.9. The van der Waals surface area contributed by atoms with E-state index in [-0.39, 0.29) is 5.91 Å². The van der Waals surface area contributed by atoms with Gasteiger partial charge in [0.05, 0.1) is 18.9 Å². The van der Waals surface area contributed by atoms with Crippen LogP contribution in [0.5, 0.6) is 17.2 Å². The molecule has 0 heterocycles. The van der Waals surface area contributed by atoms with Crippen molar-refractivity contribution in [2.24, 2.45) is 5.10 Å². The van der Waals surface area contributed by atoms with Gasteiger partial charge in [0.25, 0.3) is 5.91 Å². The lowest BCUT2D eigenvalue weighted by atomic mass is 10.0. The van der Waals surface area contributed by atoms with Gasteiger partial charge in [-0.3, -0.25) is 4.79 Å². The van der Waals surface area contributed by atoms with Crippen LogP contribution < -0.4 is 19.6 Å². The van der Waals surface area contributed by atoms with Gasteiger partial charge in [-0.05, 0) is 77.9 Å². The molecule has 5 aromatic carbocycles. The molecule has 1 N–H and O–H groups in total. The maximum atomic E-state index is 12.8. The maximum Gasteiger partial charge on any atom is 0.343 e. The van der Waals surface area contributed by atoms with Crippen molar-refractivity contribution in [2.45, 2.75) is 13.5 Å². The molecule has 0 saturated carbocycles. The van der Waals surface area contributed by atoms with E-state index in [9.17, 15) is 9.59 Å². The first kappa shape index (κ1) is 27.1. The van der Waals surface area contributed by atoms with Crippen LogP contribution in [0.25, 0.3) is 10.8 Å². The Kier molecular flexibility index (Phi) is 8.35. The van der Waals surface area contributed by atoms with Gasteiger partial charge in [0.2, 0.25) is 0 Å². The van der Waals surface area contributed by atoms with Crippen LogP contribution >= 0.6 is 0 Å². The minimum atomic E-state index is -0.522. The first-order chi connectivity index (χ1) is 20.0. The molecule has 204 valence electrons. The van der Waals surface area contributed by atoms with E-state index in [1.807, 2.05) is 61.5 Å². The number of methoxy groups -OCH3 is 1. The number of amides is 1. The van der Waals surface area contributed by atoms with Crippen molar-refractivity contribution < 1.29 is 23.8 Å². The quantitative estimate of drug-likeness (QED) is 0.0964. The summed E-state index contributed by atoms with van der Waals surface area (Å²) in [7, 11) is 1.56. The number of nitrogens with one attached hydrogen (secondary N) is 1. The van der Waals surface area contributed by atoms with Crippen molar-refractivity contribution in [3.05, 3.63) is 137 Å². The second-order valence-corrected chi connectivity index (χ2v) is 9.31. The first-order valence-electron chi connectivity index (χ1n) is 13.0. The zero-order chi connectivity index (χ0) is 28.6. The van der Waals surface area contributed by atoms with Crippen LogP contribution in [-0.2, 0) is 6.61 Å². The van der Waals surface area contributed by atoms with E-state index >= 15 is 0 Å². The summed E-state index contributed by atoms with van der Waals surface area (Å²) in [6.45, 7) is 2.48. The first-order valence-corrected chi connectivity index (χ1v) is 13.0.